The number of aliphatic hydroxyl groups excluding tert-OH is 1. The number of thiophene rings is 1. The highest BCUT2D eigenvalue weighted by molar-refractivity contribution is 7.09. The van der Waals surface area contributed by atoms with Gasteiger partial charge in [-0.3, -0.25) is 4.79 Å². The predicted octanol–water partition coefficient (Wildman–Crippen LogP) is 4.14. The summed E-state index contributed by atoms with van der Waals surface area (Å²) in [5, 5.41) is 22.2. The predicted molar refractivity (Wildman–Crippen MR) is 124 cm³/mol. The lowest BCUT2D eigenvalue weighted by molar-refractivity contribution is -0.193. The fourth-order valence-corrected chi connectivity index (χ4v) is 5.81. The van der Waals surface area contributed by atoms with E-state index in [0.717, 1.165) is 44.9 Å². The quantitative estimate of drug-likeness (QED) is 0.486. The normalized spacial score (nSPS) is 34.0. The molecule has 0 amide bonds. The number of carbonyl (C=O) groups is 1. The first-order chi connectivity index (χ1) is 16.1. The van der Waals surface area contributed by atoms with Crippen LogP contribution in [0, 0.1) is 11.8 Å². The zero-order valence-corrected chi connectivity index (χ0v) is 19.9. The molecule has 4 rings (SSSR count). The molecule has 8 heteroatoms. The summed E-state index contributed by atoms with van der Waals surface area (Å²) in [6, 6.07) is 4.12. The summed E-state index contributed by atoms with van der Waals surface area (Å²) in [4.78, 5) is 12.7. The fraction of sp³-hybridized carbons (Fsp3) is 0.720. The van der Waals surface area contributed by atoms with Gasteiger partial charge in [0.2, 0.25) is 0 Å². The zero-order chi connectivity index (χ0) is 23.0. The number of carboxylic acids is 1. The molecule has 3 fully saturated rings. The Bertz CT molecular complexity index is 740. The Balaban J connectivity index is 1.48. The topological polar surface area (TPSA) is 94.5 Å². The van der Waals surface area contributed by atoms with Gasteiger partial charge in [-0.15, -0.1) is 11.3 Å². The highest BCUT2D eigenvalue weighted by Crippen LogP contribution is 2.39. The molecule has 7 atom stereocenters. The lowest BCUT2D eigenvalue weighted by Gasteiger charge is -2.29. The smallest absolute Gasteiger partial charge is 0.303 e. The van der Waals surface area contributed by atoms with Gasteiger partial charge < -0.3 is 29.2 Å². The maximum atomic E-state index is 11.5. The van der Waals surface area contributed by atoms with Crippen molar-refractivity contribution in [1.82, 2.24) is 0 Å². The molecule has 0 radical (unpaired) electrons. The largest absolute Gasteiger partial charge is 0.481 e. The number of aliphatic carboxylic acids is 1. The van der Waals surface area contributed by atoms with Crippen LogP contribution in [0.1, 0.15) is 56.2 Å². The summed E-state index contributed by atoms with van der Waals surface area (Å²) in [6.07, 6.45) is 9.32. The van der Waals surface area contributed by atoms with Crippen molar-refractivity contribution in [2.24, 2.45) is 11.8 Å². The van der Waals surface area contributed by atoms with Crippen molar-refractivity contribution in [1.29, 1.82) is 0 Å². The van der Waals surface area contributed by atoms with Crippen LogP contribution in [0.2, 0.25) is 0 Å². The third-order valence-electron chi connectivity index (χ3n) is 6.76. The third-order valence-corrected chi connectivity index (χ3v) is 7.66. The molecule has 2 N–H and O–H groups in total. The Kier molecular flexibility index (Phi) is 9.35. The molecule has 0 bridgehead atoms. The first-order valence-electron chi connectivity index (χ1n) is 12.2. The van der Waals surface area contributed by atoms with Gasteiger partial charge in [-0.25, -0.2) is 0 Å². The van der Waals surface area contributed by atoms with Gasteiger partial charge in [0.1, 0.15) is 0 Å². The van der Waals surface area contributed by atoms with Crippen molar-refractivity contribution in [2.45, 2.75) is 88.7 Å². The number of hydrogen-bond acceptors (Lipinski definition) is 7. The summed E-state index contributed by atoms with van der Waals surface area (Å²) < 4.78 is 24.1. The van der Waals surface area contributed by atoms with Crippen LogP contribution in [0.15, 0.2) is 29.7 Å². The van der Waals surface area contributed by atoms with E-state index in [1.165, 1.54) is 4.88 Å². The second kappa shape index (κ2) is 12.4. The summed E-state index contributed by atoms with van der Waals surface area (Å²) >= 11 is 1.69. The van der Waals surface area contributed by atoms with Crippen LogP contribution in [0.5, 0.6) is 0 Å². The van der Waals surface area contributed by atoms with Gasteiger partial charge in [-0.2, -0.15) is 0 Å². The van der Waals surface area contributed by atoms with E-state index in [2.05, 4.69) is 11.4 Å². The van der Waals surface area contributed by atoms with Gasteiger partial charge in [0.05, 0.1) is 24.7 Å². The molecular formula is C25H36O7S. The molecule has 0 aromatic carbocycles. The number of hydrogen-bond donors (Lipinski definition) is 2. The molecule has 7 unspecified atom stereocenters. The average molecular weight is 481 g/mol. The van der Waals surface area contributed by atoms with E-state index in [1.807, 2.05) is 18.2 Å². The molecule has 0 spiro atoms. The van der Waals surface area contributed by atoms with Crippen molar-refractivity contribution in [3.8, 4) is 0 Å². The monoisotopic (exact) mass is 480 g/mol. The first-order valence-corrected chi connectivity index (χ1v) is 13.1. The second-order valence-corrected chi connectivity index (χ2v) is 10.3. The van der Waals surface area contributed by atoms with Gasteiger partial charge in [-0.1, -0.05) is 18.2 Å². The highest BCUT2D eigenvalue weighted by Gasteiger charge is 2.44. The summed E-state index contributed by atoms with van der Waals surface area (Å²) in [7, 11) is 0. The Morgan fingerprint density at radius 3 is 2.58 bits per heavy atom. The van der Waals surface area contributed by atoms with Crippen LogP contribution in [0.25, 0.3) is 0 Å². The van der Waals surface area contributed by atoms with E-state index in [9.17, 15) is 15.0 Å². The number of ether oxygens (including phenoxy) is 4. The second-order valence-electron chi connectivity index (χ2n) is 9.25. The van der Waals surface area contributed by atoms with E-state index in [4.69, 9.17) is 18.9 Å². The minimum Gasteiger partial charge on any atom is -0.481 e. The summed E-state index contributed by atoms with van der Waals surface area (Å²) in [6.45, 7) is 1.39. The minimum atomic E-state index is -0.908. The number of rotatable bonds is 10. The lowest BCUT2D eigenvalue weighted by Crippen LogP contribution is -2.32. The Morgan fingerprint density at radius 2 is 1.94 bits per heavy atom. The van der Waals surface area contributed by atoms with E-state index < -0.39 is 18.0 Å². The molecule has 1 aromatic heterocycles. The number of carboxylic acid groups (broad SMARTS) is 1. The van der Waals surface area contributed by atoms with Crippen molar-refractivity contribution in [3.05, 3.63) is 34.5 Å². The van der Waals surface area contributed by atoms with E-state index in [1.54, 1.807) is 11.3 Å². The van der Waals surface area contributed by atoms with Crippen molar-refractivity contribution in [2.75, 3.05) is 13.2 Å². The molecule has 1 aliphatic carbocycles. The van der Waals surface area contributed by atoms with E-state index >= 15 is 0 Å². The van der Waals surface area contributed by atoms with E-state index in [0.29, 0.717) is 19.6 Å². The molecule has 2 aliphatic heterocycles. The van der Waals surface area contributed by atoms with Gasteiger partial charge in [0.15, 0.2) is 12.6 Å². The molecule has 3 aliphatic rings. The molecular weight excluding hydrogens is 444 g/mol. The van der Waals surface area contributed by atoms with Gasteiger partial charge in [0, 0.05) is 42.8 Å². The van der Waals surface area contributed by atoms with Crippen LogP contribution in [-0.2, 0) is 30.2 Å². The fourth-order valence-electron chi connectivity index (χ4n) is 5.06. The van der Waals surface area contributed by atoms with Crippen molar-refractivity contribution < 1.29 is 34.0 Å². The van der Waals surface area contributed by atoms with E-state index in [-0.39, 0.29) is 37.1 Å². The Hall–Kier alpha value is -1.29. The lowest BCUT2D eigenvalue weighted by atomic mass is 9.89. The minimum absolute atomic E-state index is 0.0935. The molecule has 2 saturated heterocycles. The average Bonchev–Trinajstić information content (AvgIpc) is 3.41. The van der Waals surface area contributed by atoms with Crippen LogP contribution in [0.3, 0.4) is 0 Å². The maximum Gasteiger partial charge on any atom is 0.303 e. The van der Waals surface area contributed by atoms with Crippen molar-refractivity contribution >= 4 is 17.3 Å². The molecule has 7 nitrogen and oxygen atoms in total. The van der Waals surface area contributed by atoms with Crippen LogP contribution >= 0.6 is 11.3 Å². The SMILES string of the molecule is O=C(O)CC1C(O)CC(OC2CCCCO2)C1C=CC(Cc1cccs1)OC1CCCCO1. The van der Waals surface area contributed by atoms with Crippen LogP contribution < -0.4 is 0 Å². The van der Waals surface area contributed by atoms with Gasteiger partial charge in [-0.05, 0) is 50.0 Å². The standard InChI is InChI=1S/C25H36O7S/c26-21-16-22(32-25-8-2-4-12-30-25)19(20(21)15-23(27)28)10-9-17(14-18-6-5-13-33-18)31-24-7-1-3-11-29-24/h5-6,9-10,13,17,19-22,24-26H,1-4,7-8,11-12,14-16H2,(H,27,28). The van der Waals surface area contributed by atoms with Gasteiger partial charge >= 0.3 is 5.97 Å². The molecule has 184 valence electrons. The Morgan fingerprint density at radius 1 is 1.18 bits per heavy atom. The first kappa shape index (κ1) is 24.8. The Labute approximate surface area is 199 Å². The van der Waals surface area contributed by atoms with Crippen LogP contribution in [-0.4, -0.2) is 60.3 Å². The van der Waals surface area contributed by atoms with Gasteiger partial charge in [0.25, 0.3) is 0 Å². The molecule has 1 aromatic rings. The molecule has 1 saturated carbocycles. The maximum absolute atomic E-state index is 11.5. The van der Waals surface area contributed by atoms with Crippen LogP contribution in [0.4, 0.5) is 0 Å². The summed E-state index contributed by atoms with van der Waals surface area (Å²) in [5.74, 6) is -1.53. The number of aliphatic hydroxyl groups is 1. The zero-order valence-electron chi connectivity index (χ0n) is 19.1. The highest BCUT2D eigenvalue weighted by atomic mass is 32.1. The third kappa shape index (κ3) is 7.34. The molecule has 33 heavy (non-hydrogen) atoms. The summed E-state index contributed by atoms with van der Waals surface area (Å²) in [5.41, 5.74) is 0. The van der Waals surface area contributed by atoms with Crippen molar-refractivity contribution in [3.63, 3.8) is 0 Å². The molecule has 3 heterocycles.